The third-order valence-electron chi connectivity index (χ3n) is 3.47. The van der Waals surface area contributed by atoms with Gasteiger partial charge in [-0.25, -0.2) is 4.79 Å². The minimum Gasteiger partial charge on any atom is -0.507 e. The molecule has 1 aromatic rings. The molecule has 3 rings (SSSR count). The molecule has 6 nitrogen and oxygen atoms in total. The lowest BCUT2D eigenvalue weighted by Gasteiger charge is -2.02. The van der Waals surface area contributed by atoms with Crippen molar-refractivity contribution in [2.24, 2.45) is 4.99 Å². The molecule has 0 atom stereocenters. The number of benzene rings is 1. The Labute approximate surface area is 133 Å². The van der Waals surface area contributed by atoms with Crippen LogP contribution in [-0.4, -0.2) is 37.2 Å². The summed E-state index contributed by atoms with van der Waals surface area (Å²) in [5.41, 5.74) is 0.848. The van der Waals surface area contributed by atoms with Gasteiger partial charge in [0.15, 0.2) is 11.5 Å². The highest BCUT2D eigenvalue weighted by Crippen LogP contribution is 2.32. The predicted octanol–water partition coefficient (Wildman–Crippen LogP) is 2.65. The van der Waals surface area contributed by atoms with E-state index in [9.17, 15) is 9.90 Å². The number of aliphatic hydroxyl groups is 1. The molecule has 1 aromatic carbocycles. The van der Waals surface area contributed by atoms with Crippen LogP contribution in [0, 0.1) is 0 Å². The van der Waals surface area contributed by atoms with Gasteiger partial charge in [0.05, 0.1) is 13.2 Å². The van der Waals surface area contributed by atoms with E-state index in [1.165, 1.54) is 19.4 Å². The molecule has 0 spiro atoms. The standard InChI is InChI=1S/C17H17NO5/c1-21-17(20)13(9-18-12-4-5-12)14(19)6-2-11-3-7-15-16(8-11)23-10-22-15/h2-3,6-9,12,19H,4-5,10H2,1H3/b6-2+,14-13?,18-9?. The van der Waals surface area contributed by atoms with Crippen LogP contribution in [0.3, 0.4) is 0 Å². The van der Waals surface area contributed by atoms with E-state index in [1.54, 1.807) is 18.2 Å². The molecule has 120 valence electrons. The minimum absolute atomic E-state index is 0.0383. The molecule has 1 saturated carbocycles. The highest BCUT2D eigenvalue weighted by atomic mass is 16.7. The van der Waals surface area contributed by atoms with Crippen LogP contribution >= 0.6 is 0 Å². The van der Waals surface area contributed by atoms with Crippen LogP contribution < -0.4 is 9.47 Å². The average Bonchev–Trinajstić information content (AvgIpc) is 3.27. The molecule has 23 heavy (non-hydrogen) atoms. The third-order valence-corrected chi connectivity index (χ3v) is 3.47. The second-order valence-corrected chi connectivity index (χ2v) is 5.25. The number of carbonyl (C=O) groups excluding carboxylic acids is 1. The first-order valence-corrected chi connectivity index (χ1v) is 7.30. The summed E-state index contributed by atoms with van der Waals surface area (Å²) in [6.45, 7) is 0.206. The van der Waals surface area contributed by atoms with Crippen molar-refractivity contribution in [3.63, 3.8) is 0 Å². The maximum Gasteiger partial charge on any atom is 0.343 e. The van der Waals surface area contributed by atoms with Crippen molar-refractivity contribution in [2.75, 3.05) is 13.9 Å². The summed E-state index contributed by atoms with van der Waals surface area (Å²) < 4.78 is 15.2. The Kier molecular flexibility index (Phi) is 4.32. The second kappa shape index (κ2) is 6.56. The Morgan fingerprint density at radius 1 is 1.35 bits per heavy atom. The number of nitrogens with zero attached hydrogens (tertiary/aromatic N) is 1. The van der Waals surface area contributed by atoms with Crippen LogP contribution in [0.15, 0.2) is 40.6 Å². The maximum atomic E-state index is 11.7. The van der Waals surface area contributed by atoms with Crippen LogP contribution in [0.4, 0.5) is 0 Å². The topological polar surface area (TPSA) is 77.4 Å². The van der Waals surface area contributed by atoms with Gasteiger partial charge in [-0.15, -0.1) is 0 Å². The molecule has 0 saturated heterocycles. The minimum atomic E-state index is -0.623. The number of carbonyl (C=O) groups is 1. The number of hydrogen-bond acceptors (Lipinski definition) is 6. The van der Waals surface area contributed by atoms with Crippen molar-refractivity contribution in [1.82, 2.24) is 0 Å². The summed E-state index contributed by atoms with van der Waals surface area (Å²) >= 11 is 0. The van der Waals surface area contributed by atoms with E-state index in [1.807, 2.05) is 6.07 Å². The summed E-state index contributed by atoms with van der Waals surface area (Å²) in [6.07, 6.45) is 6.51. The molecule has 0 radical (unpaired) electrons. The van der Waals surface area contributed by atoms with Gasteiger partial charge in [0.25, 0.3) is 0 Å². The Morgan fingerprint density at radius 3 is 2.87 bits per heavy atom. The quantitative estimate of drug-likeness (QED) is 0.297. The van der Waals surface area contributed by atoms with Crippen LogP contribution in [0.1, 0.15) is 18.4 Å². The van der Waals surface area contributed by atoms with Crippen molar-refractivity contribution in [1.29, 1.82) is 0 Å². The van der Waals surface area contributed by atoms with E-state index in [0.29, 0.717) is 11.5 Å². The predicted molar refractivity (Wildman–Crippen MR) is 84.8 cm³/mol. The number of esters is 1. The molecular formula is C17H17NO5. The van der Waals surface area contributed by atoms with E-state index in [4.69, 9.17) is 9.47 Å². The van der Waals surface area contributed by atoms with E-state index in [2.05, 4.69) is 9.73 Å². The fourth-order valence-corrected chi connectivity index (χ4v) is 2.02. The highest BCUT2D eigenvalue weighted by molar-refractivity contribution is 6.10. The first-order chi connectivity index (χ1) is 11.2. The number of hydrogen-bond donors (Lipinski definition) is 1. The van der Waals surface area contributed by atoms with Gasteiger partial charge in [-0.3, -0.25) is 4.99 Å². The zero-order chi connectivity index (χ0) is 16.2. The Bertz CT molecular complexity index is 701. The van der Waals surface area contributed by atoms with Crippen LogP contribution in [-0.2, 0) is 9.53 Å². The largest absolute Gasteiger partial charge is 0.507 e. The zero-order valence-corrected chi connectivity index (χ0v) is 12.7. The fraction of sp³-hybridized carbons (Fsp3) is 0.294. The van der Waals surface area contributed by atoms with Crippen LogP contribution in [0.2, 0.25) is 0 Å². The second-order valence-electron chi connectivity index (χ2n) is 5.25. The molecule has 0 amide bonds. The zero-order valence-electron chi connectivity index (χ0n) is 12.7. The lowest BCUT2D eigenvalue weighted by atomic mass is 10.1. The van der Waals surface area contributed by atoms with E-state index < -0.39 is 5.97 Å². The molecule has 1 fully saturated rings. The molecule has 1 aliphatic carbocycles. The summed E-state index contributed by atoms with van der Waals surface area (Å²) in [6, 6.07) is 5.66. The molecule has 0 aromatic heterocycles. The van der Waals surface area contributed by atoms with Crippen molar-refractivity contribution in [2.45, 2.75) is 18.9 Å². The summed E-state index contributed by atoms with van der Waals surface area (Å²) in [4.78, 5) is 16.0. The van der Waals surface area contributed by atoms with E-state index in [0.717, 1.165) is 18.4 Å². The molecule has 1 N–H and O–H groups in total. The number of methoxy groups -OCH3 is 1. The summed E-state index contributed by atoms with van der Waals surface area (Å²) in [5.74, 6) is 0.522. The van der Waals surface area contributed by atoms with E-state index in [-0.39, 0.29) is 24.2 Å². The molecule has 0 unspecified atom stereocenters. The van der Waals surface area contributed by atoms with Gasteiger partial charge in [-0.1, -0.05) is 12.1 Å². The van der Waals surface area contributed by atoms with Crippen molar-refractivity contribution >= 4 is 18.3 Å². The van der Waals surface area contributed by atoms with Crippen molar-refractivity contribution < 1.29 is 24.1 Å². The van der Waals surface area contributed by atoms with Gasteiger partial charge in [0.1, 0.15) is 11.3 Å². The molecule has 6 heteroatoms. The first kappa shape index (κ1) is 15.1. The monoisotopic (exact) mass is 315 g/mol. The first-order valence-electron chi connectivity index (χ1n) is 7.30. The van der Waals surface area contributed by atoms with Crippen LogP contribution in [0.5, 0.6) is 11.5 Å². The Hall–Kier alpha value is -2.76. The van der Waals surface area contributed by atoms with Gasteiger partial charge in [0.2, 0.25) is 6.79 Å². The highest BCUT2D eigenvalue weighted by Gasteiger charge is 2.20. The van der Waals surface area contributed by atoms with Gasteiger partial charge in [-0.2, -0.15) is 0 Å². The fourth-order valence-electron chi connectivity index (χ4n) is 2.02. The Balaban J connectivity index is 1.80. The van der Waals surface area contributed by atoms with Gasteiger partial charge in [-0.05, 0) is 36.6 Å². The molecule has 0 bridgehead atoms. The number of rotatable bonds is 5. The molecular weight excluding hydrogens is 298 g/mol. The van der Waals surface area contributed by atoms with Crippen LogP contribution in [0.25, 0.3) is 6.08 Å². The molecule has 1 aliphatic heterocycles. The SMILES string of the molecule is COC(=O)C(C=NC1CC1)=C(O)/C=C/c1ccc2c(c1)OCO2. The number of ether oxygens (including phenoxy) is 3. The number of aliphatic imine (C=N–C) groups is 1. The average molecular weight is 315 g/mol. The smallest absolute Gasteiger partial charge is 0.343 e. The van der Waals surface area contributed by atoms with Crippen molar-refractivity contribution in [3.05, 3.63) is 41.2 Å². The van der Waals surface area contributed by atoms with E-state index >= 15 is 0 Å². The Morgan fingerprint density at radius 2 is 2.13 bits per heavy atom. The van der Waals surface area contributed by atoms with Gasteiger partial charge >= 0.3 is 5.97 Å². The number of aliphatic hydroxyl groups excluding tert-OH is 1. The number of allylic oxidation sites excluding steroid dienone is 1. The van der Waals surface area contributed by atoms with Crippen molar-refractivity contribution in [3.8, 4) is 11.5 Å². The third kappa shape index (κ3) is 3.71. The summed E-state index contributed by atoms with van der Waals surface area (Å²) in [7, 11) is 1.27. The summed E-state index contributed by atoms with van der Waals surface area (Å²) in [5, 5.41) is 10.1. The normalized spacial score (nSPS) is 17.6. The maximum absolute atomic E-state index is 11.7. The lowest BCUT2D eigenvalue weighted by Crippen LogP contribution is -2.09. The lowest BCUT2D eigenvalue weighted by molar-refractivity contribution is -0.135. The number of fused-ring (bicyclic) bond motifs is 1. The molecule has 2 aliphatic rings. The molecule has 1 heterocycles. The van der Waals surface area contributed by atoms with Gasteiger partial charge < -0.3 is 19.3 Å². The van der Waals surface area contributed by atoms with Gasteiger partial charge in [0, 0.05) is 6.21 Å².